The minimum absolute atomic E-state index is 0.284. The van der Waals surface area contributed by atoms with E-state index in [4.69, 9.17) is 4.18 Å². The van der Waals surface area contributed by atoms with Crippen molar-refractivity contribution < 1.29 is 12.6 Å². The van der Waals surface area contributed by atoms with E-state index in [1.807, 2.05) is 6.07 Å². The molecule has 0 aromatic heterocycles. The van der Waals surface area contributed by atoms with Crippen molar-refractivity contribution in [3.05, 3.63) is 30.3 Å². The minimum atomic E-state index is -3.69. The van der Waals surface area contributed by atoms with Gasteiger partial charge in [-0.2, -0.15) is 8.42 Å². The molecule has 0 amide bonds. The van der Waals surface area contributed by atoms with Gasteiger partial charge in [0, 0.05) is 0 Å². The molecule has 2 rings (SSSR count). The number of hydrogen-bond donors (Lipinski definition) is 0. The summed E-state index contributed by atoms with van der Waals surface area (Å²) < 4.78 is 31.7. The number of unbranched alkanes of at least 4 members (excludes halogenated alkanes) is 15. The van der Waals surface area contributed by atoms with Crippen LogP contribution >= 0.6 is 0 Å². The quantitative estimate of drug-likeness (QED) is 0.134. The third-order valence-electron chi connectivity index (χ3n) is 7.57. The topological polar surface area (TPSA) is 43.4 Å². The standard InChI is InChI=1S/C30H52O3S/c1-2-3-4-5-6-7-8-9-10-11-12-13-14-15-16-21-26-30(27-22-18-23-28-30)33-34(31,32)29-24-19-17-20-25-29/h17,19-20,24-25H,2-16,18,21-23,26-28H2,1H3. The van der Waals surface area contributed by atoms with Crippen molar-refractivity contribution in [1.82, 2.24) is 0 Å². The molecule has 0 saturated heterocycles. The normalized spacial score (nSPS) is 16.0. The fraction of sp³-hybridized carbons (Fsp3) is 0.800. The Kier molecular flexibility index (Phi) is 15.1. The molecule has 0 spiro atoms. The van der Waals surface area contributed by atoms with Crippen LogP contribution < -0.4 is 0 Å². The molecule has 0 atom stereocenters. The number of hydrogen-bond acceptors (Lipinski definition) is 3. The van der Waals surface area contributed by atoms with Crippen LogP contribution in [0.1, 0.15) is 148 Å². The summed E-state index contributed by atoms with van der Waals surface area (Å²) in [4.78, 5) is 0.284. The molecule has 0 bridgehead atoms. The molecule has 34 heavy (non-hydrogen) atoms. The highest BCUT2D eigenvalue weighted by Gasteiger charge is 2.37. The highest BCUT2D eigenvalue weighted by Crippen LogP contribution is 2.38. The van der Waals surface area contributed by atoms with Crippen molar-refractivity contribution in [2.24, 2.45) is 0 Å². The smallest absolute Gasteiger partial charge is 0.260 e. The molecule has 0 radical (unpaired) electrons. The van der Waals surface area contributed by atoms with Crippen LogP contribution in [0.25, 0.3) is 0 Å². The van der Waals surface area contributed by atoms with E-state index >= 15 is 0 Å². The zero-order chi connectivity index (χ0) is 24.4. The first-order chi connectivity index (χ1) is 16.6. The first-order valence-corrected chi connectivity index (χ1v) is 16.0. The van der Waals surface area contributed by atoms with E-state index in [0.717, 1.165) is 38.5 Å². The number of rotatable bonds is 20. The van der Waals surface area contributed by atoms with Crippen molar-refractivity contribution in [3.8, 4) is 0 Å². The lowest BCUT2D eigenvalue weighted by Gasteiger charge is -2.36. The van der Waals surface area contributed by atoms with Crippen LogP contribution in [0.3, 0.4) is 0 Å². The highest BCUT2D eigenvalue weighted by molar-refractivity contribution is 7.86. The second-order valence-electron chi connectivity index (χ2n) is 10.6. The SMILES string of the molecule is CCCCCCCCCCCCCCCCCCC1(OS(=O)(=O)c2ccccc2)CCCCC1. The molecule has 1 aromatic carbocycles. The van der Waals surface area contributed by atoms with Gasteiger partial charge in [-0.15, -0.1) is 0 Å². The van der Waals surface area contributed by atoms with Crippen LogP contribution in [0.5, 0.6) is 0 Å². The summed E-state index contributed by atoms with van der Waals surface area (Å²) in [6.45, 7) is 2.28. The lowest BCUT2D eigenvalue weighted by Crippen LogP contribution is -2.37. The van der Waals surface area contributed by atoms with Gasteiger partial charge in [0.15, 0.2) is 0 Å². The first-order valence-electron chi connectivity index (χ1n) is 14.6. The Morgan fingerprint density at radius 2 is 1.09 bits per heavy atom. The minimum Gasteiger partial charge on any atom is -0.260 e. The van der Waals surface area contributed by atoms with Crippen molar-refractivity contribution in [2.75, 3.05) is 0 Å². The van der Waals surface area contributed by atoms with Gasteiger partial charge in [0.05, 0.1) is 10.5 Å². The molecule has 1 aliphatic carbocycles. The predicted octanol–water partition coefficient (Wildman–Crippen LogP) is 9.75. The molecule has 0 unspecified atom stereocenters. The summed E-state index contributed by atoms with van der Waals surface area (Å²) in [6.07, 6.45) is 27.6. The molecular formula is C30H52O3S. The molecular weight excluding hydrogens is 440 g/mol. The fourth-order valence-corrected chi connectivity index (χ4v) is 6.74. The van der Waals surface area contributed by atoms with E-state index in [1.54, 1.807) is 24.3 Å². The maximum Gasteiger partial charge on any atom is 0.297 e. The highest BCUT2D eigenvalue weighted by atomic mass is 32.2. The maximum atomic E-state index is 12.9. The van der Waals surface area contributed by atoms with Crippen molar-refractivity contribution in [1.29, 1.82) is 0 Å². The molecule has 1 saturated carbocycles. The Bertz CT molecular complexity index is 708. The molecule has 0 heterocycles. The molecule has 0 aliphatic heterocycles. The summed E-state index contributed by atoms with van der Waals surface area (Å²) in [7, 11) is -3.69. The van der Waals surface area contributed by atoms with Crippen LogP contribution in [0.4, 0.5) is 0 Å². The zero-order valence-electron chi connectivity index (χ0n) is 22.1. The van der Waals surface area contributed by atoms with Crippen LogP contribution in [-0.4, -0.2) is 14.0 Å². The third-order valence-corrected chi connectivity index (χ3v) is 8.99. The fourth-order valence-electron chi connectivity index (χ4n) is 5.43. The second kappa shape index (κ2) is 17.5. The van der Waals surface area contributed by atoms with Gasteiger partial charge in [0.25, 0.3) is 10.1 Å². The molecule has 1 aromatic rings. The first kappa shape index (κ1) is 29.4. The molecule has 196 valence electrons. The Hall–Kier alpha value is -0.870. The summed E-state index contributed by atoms with van der Waals surface area (Å²) >= 11 is 0. The lowest BCUT2D eigenvalue weighted by atomic mass is 9.81. The summed E-state index contributed by atoms with van der Waals surface area (Å²) in [5.41, 5.74) is -0.483. The van der Waals surface area contributed by atoms with Gasteiger partial charge in [-0.3, -0.25) is 4.18 Å². The van der Waals surface area contributed by atoms with E-state index in [1.165, 1.54) is 103 Å². The summed E-state index contributed by atoms with van der Waals surface area (Å²) in [6, 6.07) is 8.64. The van der Waals surface area contributed by atoms with Gasteiger partial charge < -0.3 is 0 Å². The second-order valence-corrected chi connectivity index (χ2v) is 12.2. The zero-order valence-corrected chi connectivity index (χ0v) is 22.9. The van der Waals surface area contributed by atoms with Crippen molar-refractivity contribution in [3.63, 3.8) is 0 Å². The predicted molar refractivity (Wildman–Crippen MR) is 145 cm³/mol. The largest absolute Gasteiger partial charge is 0.297 e. The van der Waals surface area contributed by atoms with Gasteiger partial charge in [0.1, 0.15) is 0 Å². The van der Waals surface area contributed by atoms with Crippen LogP contribution in [0, 0.1) is 0 Å². The summed E-state index contributed by atoms with van der Waals surface area (Å²) in [5.74, 6) is 0. The molecule has 1 aliphatic rings. The molecule has 1 fully saturated rings. The third kappa shape index (κ3) is 12.2. The average Bonchev–Trinajstić information content (AvgIpc) is 2.84. The van der Waals surface area contributed by atoms with E-state index in [9.17, 15) is 8.42 Å². The molecule has 4 heteroatoms. The van der Waals surface area contributed by atoms with E-state index in [-0.39, 0.29) is 4.90 Å². The van der Waals surface area contributed by atoms with Gasteiger partial charge in [-0.1, -0.05) is 147 Å². The van der Waals surface area contributed by atoms with Crippen LogP contribution in [0.2, 0.25) is 0 Å². The van der Waals surface area contributed by atoms with Crippen LogP contribution in [-0.2, 0) is 14.3 Å². The summed E-state index contributed by atoms with van der Waals surface area (Å²) in [5, 5.41) is 0. The van der Waals surface area contributed by atoms with Gasteiger partial charge in [-0.05, 0) is 31.4 Å². The Morgan fingerprint density at radius 3 is 1.56 bits per heavy atom. The van der Waals surface area contributed by atoms with E-state index < -0.39 is 15.7 Å². The van der Waals surface area contributed by atoms with Crippen molar-refractivity contribution >= 4 is 10.1 Å². The van der Waals surface area contributed by atoms with Gasteiger partial charge >= 0.3 is 0 Å². The van der Waals surface area contributed by atoms with Crippen molar-refractivity contribution in [2.45, 2.75) is 159 Å². The Morgan fingerprint density at radius 1 is 0.647 bits per heavy atom. The van der Waals surface area contributed by atoms with Crippen LogP contribution in [0.15, 0.2) is 35.2 Å². The Labute approximate surface area is 211 Å². The van der Waals surface area contributed by atoms with Gasteiger partial charge in [0.2, 0.25) is 0 Å². The molecule has 0 N–H and O–H groups in total. The van der Waals surface area contributed by atoms with E-state index in [0.29, 0.717) is 0 Å². The monoisotopic (exact) mass is 492 g/mol. The Balaban J connectivity index is 1.53. The maximum absolute atomic E-state index is 12.9. The number of benzene rings is 1. The van der Waals surface area contributed by atoms with Gasteiger partial charge in [-0.25, -0.2) is 0 Å². The average molecular weight is 493 g/mol. The lowest BCUT2D eigenvalue weighted by molar-refractivity contribution is 0.0261. The molecule has 3 nitrogen and oxygen atoms in total. The van der Waals surface area contributed by atoms with E-state index in [2.05, 4.69) is 6.92 Å².